The third-order valence-corrected chi connectivity index (χ3v) is 6.78. The molecule has 2 aromatic rings. The average molecular weight is 411 g/mol. The van der Waals surface area contributed by atoms with E-state index >= 15 is 0 Å². The van der Waals surface area contributed by atoms with Crippen LogP contribution in [0.1, 0.15) is 23.7 Å². The highest BCUT2D eigenvalue weighted by Crippen LogP contribution is 2.28. The molecule has 2 heterocycles. The average Bonchev–Trinajstić information content (AvgIpc) is 3.09. The third-order valence-electron chi connectivity index (χ3n) is 4.58. The number of hydrogen-bond acceptors (Lipinski definition) is 5. The molecule has 1 saturated heterocycles. The minimum atomic E-state index is -3.02. The Morgan fingerprint density at radius 1 is 1.48 bits per heavy atom. The lowest BCUT2D eigenvalue weighted by molar-refractivity contribution is 0.243. The SMILES string of the molecule is C=CCn1c([C@@H]2CCS(=O)(=O)C2)nn(CN(C)Cc2cccc(F)c2)c1=S. The van der Waals surface area contributed by atoms with Crippen LogP contribution in [0.2, 0.25) is 0 Å². The van der Waals surface area contributed by atoms with Crippen LogP contribution in [0.4, 0.5) is 4.39 Å². The van der Waals surface area contributed by atoms with Gasteiger partial charge in [0.2, 0.25) is 0 Å². The number of benzene rings is 1. The van der Waals surface area contributed by atoms with E-state index in [1.54, 1.807) is 16.8 Å². The summed E-state index contributed by atoms with van der Waals surface area (Å²) in [5.74, 6) is 0.573. The molecular weight excluding hydrogens is 387 g/mol. The van der Waals surface area contributed by atoms with Crippen LogP contribution < -0.4 is 0 Å². The monoisotopic (exact) mass is 410 g/mol. The van der Waals surface area contributed by atoms with Gasteiger partial charge in [0.05, 0.1) is 18.2 Å². The summed E-state index contributed by atoms with van der Waals surface area (Å²) in [5.41, 5.74) is 0.858. The molecule has 9 heteroatoms. The second kappa shape index (κ2) is 8.04. The Balaban J connectivity index is 1.82. The molecule has 1 aromatic carbocycles. The first-order chi connectivity index (χ1) is 12.8. The van der Waals surface area contributed by atoms with Crippen molar-refractivity contribution in [2.24, 2.45) is 0 Å². The third kappa shape index (κ3) is 4.72. The molecule has 1 fully saturated rings. The minimum Gasteiger partial charge on any atom is -0.300 e. The minimum absolute atomic E-state index is 0.106. The summed E-state index contributed by atoms with van der Waals surface area (Å²) < 4.78 is 41.2. The highest BCUT2D eigenvalue weighted by molar-refractivity contribution is 7.91. The quantitative estimate of drug-likeness (QED) is 0.519. The topological polar surface area (TPSA) is 60.1 Å². The lowest BCUT2D eigenvalue weighted by atomic mass is 10.1. The predicted octanol–water partition coefficient (Wildman–Crippen LogP) is 2.73. The molecule has 1 atom stereocenters. The lowest BCUT2D eigenvalue weighted by Crippen LogP contribution is -2.22. The molecule has 0 unspecified atom stereocenters. The van der Waals surface area contributed by atoms with E-state index in [0.29, 0.717) is 36.8 Å². The maximum atomic E-state index is 13.4. The fraction of sp³-hybridized carbons (Fsp3) is 0.444. The first-order valence-electron chi connectivity index (χ1n) is 8.71. The van der Waals surface area contributed by atoms with E-state index in [2.05, 4.69) is 11.7 Å². The molecule has 1 aliphatic rings. The Kier molecular flexibility index (Phi) is 5.92. The molecular formula is C18H23FN4O2S2. The van der Waals surface area contributed by atoms with Crippen molar-refractivity contribution in [3.8, 4) is 0 Å². The zero-order chi connectivity index (χ0) is 19.6. The summed E-state index contributed by atoms with van der Waals surface area (Å²) in [6, 6.07) is 6.46. The van der Waals surface area contributed by atoms with Crippen molar-refractivity contribution >= 4 is 22.1 Å². The molecule has 0 spiro atoms. The van der Waals surface area contributed by atoms with Gasteiger partial charge in [-0.05, 0) is 43.4 Å². The molecule has 146 valence electrons. The Labute approximate surface area is 163 Å². The van der Waals surface area contributed by atoms with Crippen molar-refractivity contribution in [3.63, 3.8) is 0 Å². The molecule has 0 saturated carbocycles. The van der Waals surface area contributed by atoms with E-state index in [1.165, 1.54) is 12.1 Å². The molecule has 6 nitrogen and oxygen atoms in total. The molecule has 0 radical (unpaired) electrons. The number of aromatic nitrogens is 3. The van der Waals surface area contributed by atoms with Crippen molar-refractivity contribution < 1.29 is 12.8 Å². The van der Waals surface area contributed by atoms with Crippen molar-refractivity contribution in [1.29, 1.82) is 0 Å². The van der Waals surface area contributed by atoms with Crippen molar-refractivity contribution in [2.75, 3.05) is 18.6 Å². The second-order valence-electron chi connectivity index (χ2n) is 6.93. The van der Waals surface area contributed by atoms with Crippen LogP contribution in [0, 0.1) is 10.6 Å². The fourth-order valence-electron chi connectivity index (χ4n) is 3.38. The van der Waals surface area contributed by atoms with Crippen LogP contribution in [0.15, 0.2) is 36.9 Å². The largest absolute Gasteiger partial charge is 0.300 e. The van der Waals surface area contributed by atoms with Crippen molar-refractivity contribution in [1.82, 2.24) is 19.2 Å². The summed E-state index contributed by atoms with van der Waals surface area (Å²) in [6.45, 7) is 5.21. The van der Waals surface area contributed by atoms with Crippen LogP contribution in [0.25, 0.3) is 0 Å². The highest BCUT2D eigenvalue weighted by Gasteiger charge is 2.33. The van der Waals surface area contributed by atoms with E-state index in [-0.39, 0.29) is 23.2 Å². The molecule has 27 heavy (non-hydrogen) atoms. The lowest BCUT2D eigenvalue weighted by Gasteiger charge is -2.16. The van der Waals surface area contributed by atoms with Gasteiger partial charge in [0.15, 0.2) is 14.6 Å². The Morgan fingerprint density at radius 2 is 2.26 bits per heavy atom. The first kappa shape index (κ1) is 19.9. The number of rotatable bonds is 7. The number of nitrogens with zero attached hydrogens (tertiary/aromatic N) is 4. The number of sulfone groups is 1. The fourth-order valence-corrected chi connectivity index (χ4v) is 5.38. The molecule has 0 N–H and O–H groups in total. The van der Waals surface area contributed by atoms with Crippen molar-refractivity contribution in [3.05, 3.63) is 58.9 Å². The van der Waals surface area contributed by atoms with Crippen LogP contribution in [0.3, 0.4) is 0 Å². The van der Waals surface area contributed by atoms with Gasteiger partial charge in [-0.3, -0.25) is 9.47 Å². The molecule has 0 bridgehead atoms. The summed E-state index contributed by atoms with van der Waals surface area (Å²) in [7, 11) is -1.11. The number of halogens is 1. The molecule has 0 amide bonds. The smallest absolute Gasteiger partial charge is 0.199 e. The van der Waals surface area contributed by atoms with Crippen LogP contribution >= 0.6 is 12.2 Å². The maximum Gasteiger partial charge on any atom is 0.199 e. The summed E-state index contributed by atoms with van der Waals surface area (Å²) >= 11 is 5.55. The van der Waals surface area contributed by atoms with Crippen molar-refractivity contribution in [2.45, 2.75) is 32.1 Å². The van der Waals surface area contributed by atoms with Crippen LogP contribution in [-0.2, 0) is 29.6 Å². The molecule has 0 aliphatic carbocycles. The van der Waals surface area contributed by atoms with E-state index in [1.807, 2.05) is 22.6 Å². The first-order valence-corrected chi connectivity index (χ1v) is 10.9. The van der Waals surface area contributed by atoms with Gasteiger partial charge in [0.25, 0.3) is 0 Å². The highest BCUT2D eigenvalue weighted by atomic mass is 32.2. The van der Waals surface area contributed by atoms with Gasteiger partial charge >= 0.3 is 0 Å². The summed E-state index contributed by atoms with van der Waals surface area (Å²) in [4.78, 5) is 1.98. The molecule has 1 aromatic heterocycles. The Bertz CT molecular complexity index is 997. The van der Waals surface area contributed by atoms with Gasteiger partial charge in [-0.1, -0.05) is 18.2 Å². The van der Waals surface area contributed by atoms with Gasteiger partial charge in [0, 0.05) is 19.0 Å². The van der Waals surface area contributed by atoms with Gasteiger partial charge in [-0.2, -0.15) is 5.10 Å². The zero-order valence-electron chi connectivity index (χ0n) is 15.2. The van der Waals surface area contributed by atoms with Gasteiger partial charge in [0.1, 0.15) is 11.6 Å². The normalized spacial score (nSPS) is 18.9. The summed E-state index contributed by atoms with van der Waals surface area (Å²) in [5, 5.41) is 4.62. The molecule has 3 rings (SSSR count). The van der Waals surface area contributed by atoms with Gasteiger partial charge in [-0.25, -0.2) is 17.5 Å². The second-order valence-corrected chi connectivity index (χ2v) is 9.52. The van der Waals surface area contributed by atoms with E-state index < -0.39 is 9.84 Å². The Hall–Kier alpha value is -1.84. The maximum absolute atomic E-state index is 13.4. The van der Waals surface area contributed by atoms with E-state index in [9.17, 15) is 12.8 Å². The van der Waals surface area contributed by atoms with E-state index in [0.717, 1.165) is 5.56 Å². The summed E-state index contributed by atoms with van der Waals surface area (Å²) in [6.07, 6.45) is 2.29. The zero-order valence-corrected chi connectivity index (χ0v) is 16.8. The predicted molar refractivity (Wildman–Crippen MR) is 105 cm³/mol. The van der Waals surface area contributed by atoms with Crippen LogP contribution in [0.5, 0.6) is 0 Å². The van der Waals surface area contributed by atoms with E-state index in [4.69, 9.17) is 12.2 Å². The standard InChI is InChI=1S/C18H23FN4O2S2/c1-3-8-22-17(15-7-9-27(24,25)12-15)20-23(18(22)26)13-21(2)11-14-5-4-6-16(19)10-14/h3-6,10,15H,1,7-9,11-13H2,2H3/t15-/m1/s1. The van der Waals surface area contributed by atoms with Crippen LogP contribution in [-0.4, -0.2) is 46.2 Å². The number of allylic oxidation sites excluding steroid dienone is 1. The van der Waals surface area contributed by atoms with Gasteiger partial charge < -0.3 is 0 Å². The number of hydrogen-bond donors (Lipinski definition) is 0. The Morgan fingerprint density at radius 3 is 2.89 bits per heavy atom. The van der Waals surface area contributed by atoms with Gasteiger partial charge in [-0.15, -0.1) is 6.58 Å². The molecule has 1 aliphatic heterocycles.